The van der Waals surface area contributed by atoms with Crippen LogP contribution in [0.2, 0.25) is 0 Å². The number of hydrogen-bond acceptors (Lipinski definition) is 6. The van der Waals surface area contributed by atoms with E-state index in [1.54, 1.807) is 5.32 Å². The topological polar surface area (TPSA) is 148 Å². The number of piperidine rings is 1. The monoisotopic (exact) mass is 513 g/mol. The highest BCUT2D eigenvalue weighted by Gasteiger charge is 2.70. The van der Waals surface area contributed by atoms with Crippen LogP contribution in [0.25, 0.3) is 0 Å². The lowest BCUT2D eigenvalue weighted by Crippen LogP contribution is -2.61. The van der Waals surface area contributed by atoms with Crippen molar-refractivity contribution in [1.82, 2.24) is 20.9 Å². The van der Waals surface area contributed by atoms with Crippen LogP contribution in [0.5, 0.6) is 0 Å². The van der Waals surface area contributed by atoms with Gasteiger partial charge >= 0.3 is 12.1 Å². The Kier molecular flexibility index (Phi) is 6.89. The number of amides is 5. The van der Waals surface area contributed by atoms with Crippen LogP contribution >= 0.6 is 0 Å². The van der Waals surface area contributed by atoms with Gasteiger partial charge in [0.15, 0.2) is 0 Å². The number of carbonyl (C=O) groups is 5. The maximum absolute atomic E-state index is 13.5. The molecule has 0 bridgehead atoms. The lowest BCUT2D eigenvalue weighted by molar-refractivity contribution is -0.176. The predicted molar refractivity (Wildman–Crippen MR) is 117 cm³/mol. The average molecular weight is 514 g/mol. The van der Waals surface area contributed by atoms with Gasteiger partial charge in [0.1, 0.15) is 18.1 Å². The fourth-order valence-corrected chi connectivity index (χ4v) is 5.32. The predicted octanol–water partition coefficient (Wildman–Crippen LogP) is 0.624. The number of alkyl halides is 3. The fourth-order valence-electron chi connectivity index (χ4n) is 5.32. The summed E-state index contributed by atoms with van der Waals surface area (Å²) in [5.41, 5.74) is -1.41. The number of fused-ring (bicyclic) bond motifs is 1. The summed E-state index contributed by atoms with van der Waals surface area (Å²) in [6, 6.07) is -1.85. The lowest BCUT2D eigenvalue weighted by Gasteiger charge is -2.37. The Morgan fingerprint density at radius 1 is 1.19 bits per heavy atom. The van der Waals surface area contributed by atoms with Gasteiger partial charge in [-0.25, -0.2) is 0 Å². The molecule has 6 atom stereocenters. The first kappa shape index (κ1) is 27.4. The maximum atomic E-state index is 13.5. The van der Waals surface area contributed by atoms with Gasteiger partial charge in [0.25, 0.3) is 0 Å². The molecule has 2 aliphatic heterocycles. The summed E-state index contributed by atoms with van der Waals surface area (Å²) in [5, 5.41) is 16.0. The second-order valence-corrected chi connectivity index (χ2v) is 11.4. The molecule has 3 rings (SSSR count). The van der Waals surface area contributed by atoms with E-state index in [9.17, 15) is 42.4 Å². The molecule has 3 unspecified atom stereocenters. The minimum atomic E-state index is -5.19. The first-order valence-electron chi connectivity index (χ1n) is 11.6. The summed E-state index contributed by atoms with van der Waals surface area (Å²) in [6.07, 6.45) is -5.40. The van der Waals surface area contributed by atoms with Crippen molar-refractivity contribution < 1.29 is 37.1 Å². The molecule has 3 aliphatic rings. The number of nitrogens with one attached hydrogen (secondary N) is 3. The van der Waals surface area contributed by atoms with Crippen molar-refractivity contribution in [1.29, 1.82) is 5.26 Å². The van der Waals surface area contributed by atoms with Crippen LogP contribution in [-0.2, 0) is 24.0 Å². The molecule has 0 aromatic rings. The van der Waals surface area contributed by atoms with Gasteiger partial charge in [-0.3, -0.25) is 29.3 Å². The van der Waals surface area contributed by atoms with E-state index in [4.69, 9.17) is 0 Å². The molecule has 0 radical (unpaired) electrons. The van der Waals surface area contributed by atoms with Crippen LogP contribution in [0.1, 0.15) is 47.5 Å². The van der Waals surface area contributed by atoms with E-state index >= 15 is 0 Å². The van der Waals surface area contributed by atoms with Crippen LogP contribution in [0.4, 0.5) is 13.2 Å². The van der Waals surface area contributed by atoms with Crippen LogP contribution in [-0.4, -0.2) is 65.3 Å². The molecule has 36 heavy (non-hydrogen) atoms. The molecule has 198 valence electrons. The molecule has 2 heterocycles. The van der Waals surface area contributed by atoms with Gasteiger partial charge in [-0.1, -0.05) is 34.6 Å². The van der Waals surface area contributed by atoms with E-state index in [0.717, 1.165) is 0 Å². The van der Waals surface area contributed by atoms with Crippen molar-refractivity contribution in [3.63, 3.8) is 0 Å². The van der Waals surface area contributed by atoms with E-state index in [2.05, 4.69) is 10.6 Å². The summed E-state index contributed by atoms with van der Waals surface area (Å²) in [6.45, 7) is 8.44. The number of nitriles is 1. The van der Waals surface area contributed by atoms with Crippen LogP contribution in [0.15, 0.2) is 0 Å². The van der Waals surface area contributed by atoms with Crippen LogP contribution < -0.4 is 16.0 Å². The van der Waals surface area contributed by atoms with Crippen molar-refractivity contribution in [2.24, 2.45) is 28.6 Å². The third-order valence-electron chi connectivity index (χ3n) is 7.46. The third kappa shape index (κ3) is 5.17. The molecular weight excluding hydrogens is 483 g/mol. The standard InChI is InChI=1S/C23H30F3N5O5/c1-21(2,3)16(30-20(36)23(24,25)26)19(35)31-9-12-14(22(12,4)5)15(31)18(34)28-11(8-27)6-10-7-13(32)29-17(10)33/h10-12,14-16H,6-7,9H2,1-5H3,(H,28,34)(H,30,36)(H,29,32,33)/t10-,11+,12?,14?,15?,16-/m1/s1. The van der Waals surface area contributed by atoms with E-state index in [0.29, 0.717) is 0 Å². The van der Waals surface area contributed by atoms with Crippen LogP contribution in [0.3, 0.4) is 0 Å². The molecule has 1 saturated carbocycles. The zero-order chi connectivity index (χ0) is 27.4. The third-order valence-corrected chi connectivity index (χ3v) is 7.46. The Bertz CT molecular complexity index is 1030. The number of halogens is 3. The van der Waals surface area contributed by atoms with Crippen molar-refractivity contribution in [3.8, 4) is 6.07 Å². The number of nitrogens with zero attached hydrogens (tertiary/aromatic N) is 2. The van der Waals surface area contributed by atoms with Gasteiger partial charge < -0.3 is 15.5 Å². The van der Waals surface area contributed by atoms with Crippen molar-refractivity contribution in [2.45, 2.75) is 71.8 Å². The molecule has 1 aliphatic carbocycles. The SMILES string of the molecule is CC1(C)C2CN(C(=O)[C@@H](NC(=O)C(F)(F)F)C(C)(C)C)C(C(=O)N[C@H](C#N)C[C@@H]3CC(=O)NC3=O)C21. The molecule has 2 saturated heterocycles. The van der Waals surface area contributed by atoms with Gasteiger partial charge in [0, 0.05) is 13.0 Å². The van der Waals surface area contributed by atoms with Crippen molar-refractivity contribution >= 4 is 29.5 Å². The molecule has 13 heteroatoms. The van der Waals surface area contributed by atoms with Crippen molar-refractivity contribution in [3.05, 3.63) is 0 Å². The number of carbonyl (C=O) groups excluding carboxylic acids is 5. The molecule has 3 N–H and O–H groups in total. The fraction of sp³-hybridized carbons (Fsp3) is 0.739. The second-order valence-electron chi connectivity index (χ2n) is 11.4. The van der Waals surface area contributed by atoms with E-state index in [-0.39, 0.29) is 36.6 Å². The molecule has 0 spiro atoms. The van der Waals surface area contributed by atoms with Gasteiger partial charge in [-0.15, -0.1) is 0 Å². The minimum Gasteiger partial charge on any atom is -0.339 e. The largest absolute Gasteiger partial charge is 0.471 e. The quantitative estimate of drug-likeness (QED) is 0.444. The molecule has 0 aromatic heterocycles. The van der Waals surface area contributed by atoms with E-state index < -0.39 is 65.2 Å². The van der Waals surface area contributed by atoms with E-state index in [1.165, 1.54) is 25.7 Å². The Morgan fingerprint density at radius 3 is 2.28 bits per heavy atom. The summed E-state index contributed by atoms with van der Waals surface area (Å²) >= 11 is 0. The normalized spacial score (nSPS) is 28.5. The average Bonchev–Trinajstić information content (AvgIpc) is 3.06. The van der Waals surface area contributed by atoms with Gasteiger partial charge in [-0.05, 0) is 29.1 Å². The number of hydrogen-bond donors (Lipinski definition) is 3. The first-order valence-corrected chi connectivity index (χ1v) is 11.6. The lowest BCUT2D eigenvalue weighted by atomic mass is 9.85. The highest BCUT2D eigenvalue weighted by Crippen LogP contribution is 2.65. The van der Waals surface area contributed by atoms with Gasteiger partial charge in [0.2, 0.25) is 23.6 Å². The zero-order valence-electron chi connectivity index (χ0n) is 20.7. The van der Waals surface area contributed by atoms with Gasteiger partial charge in [-0.2, -0.15) is 18.4 Å². The molecule has 3 fully saturated rings. The smallest absolute Gasteiger partial charge is 0.339 e. The molecule has 10 nitrogen and oxygen atoms in total. The minimum absolute atomic E-state index is 0.0881. The maximum Gasteiger partial charge on any atom is 0.471 e. The summed E-state index contributed by atoms with van der Waals surface area (Å²) in [5.74, 6) is -5.93. The number of imide groups is 1. The first-order chi connectivity index (χ1) is 16.4. The van der Waals surface area contributed by atoms with E-state index in [1.807, 2.05) is 19.9 Å². The Balaban J connectivity index is 1.81. The Labute approximate surface area is 206 Å². The molecular formula is C23H30F3N5O5. The summed E-state index contributed by atoms with van der Waals surface area (Å²) in [4.78, 5) is 62.9. The number of rotatable bonds is 6. The summed E-state index contributed by atoms with van der Waals surface area (Å²) in [7, 11) is 0. The molecule has 5 amide bonds. The Morgan fingerprint density at radius 2 is 1.81 bits per heavy atom. The van der Waals surface area contributed by atoms with Crippen LogP contribution in [0, 0.1) is 39.9 Å². The highest BCUT2D eigenvalue weighted by atomic mass is 19.4. The van der Waals surface area contributed by atoms with Gasteiger partial charge in [0.05, 0.1) is 12.0 Å². The summed E-state index contributed by atoms with van der Waals surface area (Å²) < 4.78 is 38.8. The zero-order valence-corrected chi connectivity index (χ0v) is 20.7. The Hall–Kier alpha value is -3.17. The molecule has 0 aromatic carbocycles. The van der Waals surface area contributed by atoms with Crippen molar-refractivity contribution in [2.75, 3.05) is 6.54 Å². The number of likely N-dealkylation sites (tertiary alicyclic amines) is 1. The highest BCUT2D eigenvalue weighted by molar-refractivity contribution is 6.03. The second kappa shape index (κ2) is 9.05.